The molecule has 0 saturated carbocycles. The van der Waals surface area contributed by atoms with E-state index in [2.05, 4.69) is 51.7 Å². The molecule has 138 valence electrons. The first-order valence-corrected chi connectivity index (χ1v) is 9.36. The second kappa shape index (κ2) is 6.85. The molecular weight excluding hydrogens is 348 g/mol. The van der Waals surface area contributed by atoms with E-state index in [9.17, 15) is 0 Å². The fourth-order valence-corrected chi connectivity index (χ4v) is 3.54. The lowest BCUT2D eigenvalue weighted by atomic mass is 9.96. The Hall–Kier alpha value is -3.60. The number of hydrogen-bond donors (Lipinski definition) is 2. The molecule has 0 fully saturated rings. The Bertz CT molecular complexity index is 1160. The minimum absolute atomic E-state index is 0.0602. The number of H-pyrrole nitrogens is 1. The Kier molecular flexibility index (Phi) is 4.05. The third-order valence-electron chi connectivity index (χ3n) is 4.95. The minimum Gasteiger partial charge on any atom is -0.485 e. The number of anilines is 1. The predicted molar refractivity (Wildman–Crippen MR) is 112 cm³/mol. The van der Waals surface area contributed by atoms with Gasteiger partial charge in [-0.05, 0) is 42.3 Å². The molecule has 0 aliphatic carbocycles. The summed E-state index contributed by atoms with van der Waals surface area (Å²) < 4.78 is 6.23. The first kappa shape index (κ1) is 16.6. The summed E-state index contributed by atoms with van der Waals surface area (Å²) in [6.45, 7) is 2.07. The number of aryl methyl sites for hydroxylation is 1. The molecule has 5 heteroatoms. The number of nitrogens with zero attached hydrogens (tertiary/aromatic N) is 2. The second-order valence-corrected chi connectivity index (χ2v) is 6.99. The zero-order chi connectivity index (χ0) is 18.9. The molecule has 0 amide bonds. The zero-order valence-corrected chi connectivity index (χ0v) is 15.5. The van der Waals surface area contributed by atoms with Crippen LogP contribution in [0.1, 0.15) is 29.2 Å². The van der Waals surface area contributed by atoms with Crippen molar-refractivity contribution in [2.45, 2.75) is 19.4 Å². The van der Waals surface area contributed by atoms with E-state index in [1.54, 1.807) is 0 Å². The molecule has 4 aromatic rings. The molecule has 1 aromatic heterocycles. The molecule has 28 heavy (non-hydrogen) atoms. The fourth-order valence-electron chi connectivity index (χ4n) is 3.54. The zero-order valence-electron chi connectivity index (χ0n) is 15.5. The van der Waals surface area contributed by atoms with Gasteiger partial charge in [0.15, 0.2) is 0 Å². The van der Waals surface area contributed by atoms with E-state index >= 15 is 0 Å². The molecule has 5 rings (SSSR count). The van der Waals surface area contributed by atoms with Gasteiger partial charge in [0.1, 0.15) is 11.9 Å². The topological polar surface area (TPSA) is 62.3 Å². The number of rotatable bonds is 3. The summed E-state index contributed by atoms with van der Waals surface area (Å²) in [4.78, 5) is 7.85. The van der Waals surface area contributed by atoms with Crippen molar-refractivity contribution >= 4 is 22.7 Å². The van der Waals surface area contributed by atoms with Crippen molar-refractivity contribution in [2.75, 3.05) is 5.43 Å². The van der Waals surface area contributed by atoms with Gasteiger partial charge < -0.3 is 9.72 Å². The quantitative estimate of drug-likeness (QED) is 0.488. The number of aromatic nitrogens is 2. The number of fused-ring (bicyclic) bond motifs is 2. The summed E-state index contributed by atoms with van der Waals surface area (Å²) in [5, 5.41) is 4.68. The number of para-hydroxylation sites is 1. The molecule has 0 radical (unpaired) electrons. The first-order valence-electron chi connectivity index (χ1n) is 9.36. The van der Waals surface area contributed by atoms with Crippen molar-refractivity contribution < 1.29 is 4.74 Å². The van der Waals surface area contributed by atoms with Crippen molar-refractivity contribution in [1.82, 2.24) is 9.97 Å². The van der Waals surface area contributed by atoms with Gasteiger partial charge in [0.2, 0.25) is 5.95 Å². The van der Waals surface area contributed by atoms with E-state index in [1.165, 1.54) is 5.56 Å². The summed E-state index contributed by atoms with van der Waals surface area (Å²) >= 11 is 0. The number of hydrogen-bond acceptors (Lipinski definition) is 4. The van der Waals surface area contributed by atoms with Crippen LogP contribution < -0.4 is 10.2 Å². The van der Waals surface area contributed by atoms with Gasteiger partial charge in [0.25, 0.3) is 0 Å². The lowest BCUT2D eigenvalue weighted by Crippen LogP contribution is -2.21. The maximum absolute atomic E-state index is 6.23. The molecule has 1 aliphatic rings. The van der Waals surface area contributed by atoms with Crippen molar-refractivity contribution in [3.63, 3.8) is 0 Å². The van der Waals surface area contributed by atoms with Crippen LogP contribution in [-0.2, 0) is 0 Å². The smallest absolute Gasteiger partial charge is 0.222 e. The Morgan fingerprint density at radius 3 is 2.75 bits per heavy atom. The van der Waals surface area contributed by atoms with Gasteiger partial charge in [-0.1, -0.05) is 48.5 Å². The van der Waals surface area contributed by atoms with E-state index in [1.807, 2.05) is 48.5 Å². The van der Waals surface area contributed by atoms with E-state index in [4.69, 9.17) is 4.74 Å². The molecule has 1 atom stereocenters. The van der Waals surface area contributed by atoms with E-state index in [-0.39, 0.29) is 6.10 Å². The van der Waals surface area contributed by atoms with E-state index in [0.29, 0.717) is 12.4 Å². The van der Waals surface area contributed by atoms with Crippen molar-refractivity contribution in [3.05, 3.63) is 89.5 Å². The second-order valence-electron chi connectivity index (χ2n) is 6.99. The molecule has 2 heterocycles. The summed E-state index contributed by atoms with van der Waals surface area (Å²) in [5.74, 6) is 1.48. The minimum atomic E-state index is -0.0602. The van der Waals surface area contributed by atoms with Crippen molar-refractivity contribution in [1.29, 1.82) is 0 Å². The number of aromatic amines is 1. The average molecular weight is 368 g/mol. The summed E-state index contributed by atoms with van der Waals surface area (Å²) in [6, 6.07) is 24.4. The van der Waals surface area contributed by atoms with E-state index in [0.717, 1.165) is 33.6 Å². The molecule has 5 nitrogen and oxygen atoms in total. The number of hydrazone groups is 1. The van der Waals surface area contributed by atoms with Crippen LogP contribution in [0.25, 0.3) is 11.0 Å². The molecule has 3 aromatic carbocycles. The normalized spacial score (nSPS) is 17.3. The maximum atomic E-state index is 6.23. The van der Waals surface area contributed by atoms with Crippen LogP contribution >= 0.6 is 0 Å². The number of ether oxygens (including phenoxy) is 1. The number of nitrogens with one attached hydrogen (secondary N) is 2. The van der Waals surface area contributed by atoms with Crippen LogP contribution in [0.3, 0.4) is 0 Å². The third-order valence-corrected chi connectivity index (χ3v) is 4.95. The highest BCUT2D eigenvalue weighted by molar-refractivity contribution is 6.04. The lowest BCUT2D eigenvalue weighted by molar-refractivity contribution is 0.206. The Morgan fingerprint density at radius 2 is 1.86 bits per heavy atom. The van der Waals surface area contributed by atoms with Crippen LogP contribution in [-0.4, -0.2) is 15.7 Å². The van der Waals surface area contributed by atoms with Crippen molar-refractivity contribution in [2.24, 2.45) is 5.10 Å². The molecule has 1 aliphatic heterocycles. The Labute approximate surface area is 163 Å². The van der Waals surface area contributed by atoms with Gasteiger partial charge in [0, 0.05) is 12.0 Å². The van der Waals surface area contributed by atoms with Gasteiger partial charge in [-0.25, -0.2) is 10.4 Å². The lowest BCUT2D eigenvalue weighted by Gasteiger charge is -2.27. The Morgan fingerprint density at radius 1 is 1.04 bits per heavy atom. The van der Waals surface area contributed by atoms with Gasteiger partial charge in [0.05, 0.1) is 16.7 Å². The average Bonchev–Trinajstić information content (AvgIpc) is 3.14. The van der Waals surface area contributed by atoms with Crippen LogP contribution in [0.5, 0.6) is 5.75 Å². The van der Waals surface area contributed by atoms with Crippen molar-refractivity contribution in [3.8, 4) is 5.75 Å². The molecule has 0 saturated heterocycles. The number of imidazole rings is 1. The Balaban J connectivity index is 1.47. The third kappa shape index (κ3) is 3.11. The molecule has 0 spiro atoms. The largest absolute Gasteiger partial charge is 0.485 e. The maximum Gasteiger partial charge on any atom is 0.222 e. The molecule has 2 N–H and O–H groups in total. The summed E-state index contributed by atoms with van der Waals surface area (Å²) in [5.41, 5.74) is 9.31. The predicted octanol–water partition coefficient (Wildman–Crippen LogP) is 5.21. The van der Waals surface area contributed by atoms with Gasteiger partial charge in [-0.2, -0.15) is 5.10 Å². The monoisotopic (exact) mass is 368 g/mol. The van der Waals surface area contributed by atoms with Crippen LogP contribution in [0.15, 0.2) is 77.9 Å². The highest BCUT2D eigenvalue weighted by atomic mass is 16.5. The molecular formula is C23H20N4O. The summed E-state index contributed by atoms with van der Waals surface area (Å²) in [7, 11) is 0. The van der Waals surface area contributed by atoms with Gasteiger partial charge >= 0.3 is 0 Å². The SMILES string of the molecule is Cc1ccc2nc(N/N=C3/CC(c4ccccc4)Oc4ccccc43)[nH]c2c1. The first-order chi connectivity index (χ1) is 13.8. The highest BCUT2D eigenvalue weighted by Crippen LogP contribution is 2.35. The van der Waals surface area contributed by atoms with Crippen LogP contribution in [0.4, 0.5) is 5.95 Å². The number of benzene rings is 3. The fraction of sp³-hybridized carbons (Fsp3) is 0.130. The van der Waals surface area contributed by atoms with Gasteiger partial charge in [-0.3, -0.25) is 0 Å². The van der Waals surface area contributed by atoms with Gasteiger partial charge in [-0.15, -0.1) is 0 Å². The van der Waals surface area contributed by atoms with E-state index < -0.39 is 0 Å². The highest BCUT2D eigenvalue weighted by Gasteiger charge is 2.26. The van der Waals surface area contributed by atoms with Crippen LogP contribution in [0, 0.1) is 6.92 Å². The molecule has 1 unspecified atom stereocenters. The van der Waals surface area contributed by atoms with Crippen LogP contribution in [0.2, 0.25) is 0 Å². The molecule has 0 bridgehead atoms. The standard InChI is InChI=1S/C23H20N4O/c1-15-11-12-18-20(13-15)25-23(24-18)27-26-19-14-22(16-7-3-2-4-8-16)28-21-10-6-5-9-17(19)21/h2-13,22H,14H2,1H3,(H2,24,25,27)/b26-19-. The summed E-state index contributed by atoms with van der Waals surface area (Å²) in [6.07, 6.45) is 0.628.